The molecule has 1 saturated heterocycles. The van der Waals surface area contributed by atoms with E-state index in [1.165, 1.54) is 0 Å². The Kier molecular flexibility index (Phi) is 7.08. The molecule has 1 heterocycles. The highest BCUT2D eigenvalue weighted by Crippen LogP contribution is 2.01. The molecule has 1 fully saturated rings. The fraction of sp³-hybridized carbons (Fsp3) is 0.857. The highest BCUT2D eigenvalue weighted by molar-refractivity contribution is 5.70. The molecular weight excluding hydrogens is 148 g/mol. The number of cyclic esters (lactones) is 1. The van der Waals surface area contributed by atoms with Gasteiger partial charge in [-0.1, -0.05) is 0 Å². The van der Waals surface area contributed by atoms with Crippen LogP contribution in [0.15, 0.2) is 0 Å². The highest BCUT2D eigenvalue weighted by atomic mass is 16.5. The minimum absolute atomic E-state index is 0.0463. The first-order chi connectivity index (χ1) is 5.31. The molecule has 0 aromatic carbocycles. The van der Waals surface area contributed by atoms with E-state index in [-0.39, 0.29) is 12.6 Å². The van der Waals surface area contributed by atoms with Gasteiger partial charge in [0.2, 0.25) is 0 Å². The van der Waals surface area contributed by atoms with E-state index in [2.05, 4.69) is 9.47 Å². The number of aliphatic hydroxyl groups is 1. The first-order valence-corrected chi connectivity index (χ1v) is 3.56. The number of hydrogen-bond acceptors (Lipinski definition) is 4. The van der Waals surface area contributed by atoms with Crippen LogP contribution in [0.2, 0.25) is 0 Å². The lowest BCUT2D eigenvalue weighted by Crippen LogP contribution is -1.91. The van der Waals surface area contributed by atoms with Crippen LogP contribution >= 0.6 is 0 Å². The smallest absolute Gasteiger partial charge is 0.305 e. The lowest BCUT2D eigenvalue weighted by Gasteiger charge is -1.84. The Morgan fingerprint density at radius 3 is 2.55 bits per heavy atom. The first kappa shape index (κ1) is 10.4. The van der Waals surface area contributed by atoms with Gasteiger partial charge in [0.25, 0.3) is 0 Å². The van der Waals surface area contributed by atoms with Crippen LogP contribution in [0.1, 0.15) is 12.8 Å². The fourth-order valence-electron chi connectivity index (χ4n) is 0.566. The second-order valence-electron chi connectivity index (χ2n) is 2.04. The van der Waals surface area contributed by atoms with Crippen molar-refractivity contribution in [3.63, 3.8) is 0 Å². The Morgan fingerprint density at radius 2 is 2.45 bits per heavy atom. The Morgan fingerprint density at radius 1 is 1.73 bits per heavy atom. The zero-order chi connectivity index (χ0) is 8.53. The Hall–Kier alpha value is -0.610. The molecule has 11 heavy (non-hydrogen) atoms. The summed E-state index contributed by atoms with van der Waals surface area (Å²) < 4.78 is 8.95. The van der Waals surface area contributed by atoms with Crippen LogP contribution in [0, 0.1) is 0 Å². The van der Waals surface area contributed by atoms with Crippen molar-refractivity contribution in [3.05, 3.63) is 0 Å². The van der Waals surface area contributed by atoms with Crippen LogP contribution in [-0.4, -0.2) is 38.0 Å². The number of aliphatic hydroxyl groups excluding tert-OH is 1. The van der Waals surface area contributed by atoms with Gasteiger partial charge in [0.05, 0.1) is 19.8 Å². The molecule has 0 atom stereocenters. The minimum atomic E-state index is -0.0463. The van der Waals surface area contributed by atoms with Gasteiger partial charge in [0.1, 0.15) is 0 Å². The van der Waals surface area contributed by atoms with Gasteiger partial charge in [-0.15, -0.1) is 0 Å². The summed E-state index contributed by atoms with van der Waals surface area (Å²) in [6.45, 7) is 1.20. The van der Waals surface area contributed by atoms with Gasteiger partial charge in [-0.3, -0.25) is 4.79 Å². The summed E-state index contributed by atoms with van der Waals surface area (Å²) >= 11 is 0. The summed E-state index contributed by atoms with van der Waals surface area (Å²) in [4.78, 5) is 10.0. The molecule has 1 aliphatic rings. The van der Waals surface area contributed by atoms with Crippen molar-refractivity contribution in [2.24, 2.45) is 0 Å². The summed E-state index contributed by atoms with van der Waals surface area (Å²) in [5.41, 5.74) is 0. The van der Waals surface area contributed by atoms with Crippen molar-refractivity contribution in [3.8, 4) is 0 Å². The van der Waals surface area contributed by atoms with Gasteiger partial charge >= 0.3 is 5.97 Å². The van der Waals surface area contributed by atoms with Crippen LogP contribution < -0.4 is 0 Å². The van der Waals surface area contributed by atoms with Crippen LogP contribution in [0.25, 0.3) is 0 Å². The van der Waals surface area contributed by atoms with Crippen molar-refractivity contribution in [1.29, 1.82) is 0 Å². The quantitative estimate of drug-likeness (QED) is 0.578. The number of carbonyl (C=O) groups is 1. The third kappa shape index (κ3) is 7.29. The molecule has 0 amide bonds. The molecule has 0 saturated carbocycles. The van der Waals surface area contributed by atoms with Crippen molar-refractivity contribution in [2.75, 3.05) is 26.9 Å². The van der Waals surface area contributed by atoms with E-state index in [4.69, 9.17) is 5.11 Å². The summed E-state index contributed by atoms with van der Waals surface area (Å²) in [5, 5.41) is 7.94. The van der Waals surface area contributed by atoms with Crippen LogP contribution in [-0.2, 0) is 14.3 Å². The zero-order valence-electron chi connectivity index (χ0n) is 6.71. The maximum atomic E-state index is 10.0. The maximum absolute atomic E-state index is 10.0. The Labute approximate surface area is 66.1 Å². The summed E-state index contributed by atoms with van der Waals surface area (Å²) in [6.07, 6.45) is 1.54. The average molecular weight is 162 g/mol. The van der Waals surface area contributed by atoms with E-state index in [1.807, 2.05) is 0 Å². The third-order valence-electron chi connectivity index (χ3n) is 1.08. The molecule has 0 aromatic heterocycles. The lowest BCUT2D eigenvalue weighted by molar-refractivity contribution is -0.137. The van der Waals surface area contributed by atoms with E-state index in [0.29, 0.717) is 19.6 Å². The number of esters is 1. The second kappa shape index (κ2) is 7.50. The van der Waals surface area contributed by atoms with Gasteiger partial charge in [0.15, 0.2) is 0 Å². The van der Waals surface area contributed by atoms with E-state index < -0.39 is 0 Å². The molecule has 1 rings (SSSR count). The minimum Gasteiger partial charge on any atom is -0.466 e. The second-order valence-corrected chi connectivity index (χ2v) is 2.04. The zero-order valence-corrected chi connectivity index (χ0v) is 6.71. The number of carbonyl (C=O) groups excluding carboxylic acids is 1. The molecule has 0 spiro atoms. The Bertz CT molecular complexity index is 92.6. The predicted octanol–water partition coefficient (Wildman–Crippen LogP) is -0.0515. The van der Waals surface area contributed by atoms with Crippen molar-refractivity contribution < 1.29 is 19.4 Å². The summed E-state index contributed by atoms with van der Waals surface area (Å²) in [5.74, 6) is -0.0463. The lowest BCUT2D eigenvalue weighted by atomic mass is 10.4. The van der Waals surface area contributed by atoms with Gasteiger partial charge in [-0.2, -0.15) is 0 Å². The molecule has 1 aliphatic heterocycles. The predicted molar refractivity (Wildman–Crippen MR) is 39.2 cm³/mol. The molecule has 0 radical (unpaired) electrons. The average Bonchev–Trinajstić information content (AvgIpc) is 2.43. The molecule has 0 aromatic rings. The van der Waals surface area contributed by atoms with Crippen molar-refractivity contribution in [1.82, 2.24) is 0 Å². The molecule has 4 nitrogen and oxygen atoms in total. The largest absolute Gasteiger partial charge is 0.466 e. The first-order valence-electron chi connectivity index (χ1n) is 3.56. The molecule has 0 aliphatic carbocycles. The van der Waals surface area contributed by atoms with Gasteiger partial charge < -0.3 is 14.6 Å². The van der Waals surface area contributed by atoms with Gasteiger partial charge in [-0.25, -0.2) is 0 Å². The molecular formula is C7H14O4. The normalized spacial score (nSPS) is 15.3. The number of ether oxygens (including phenoxy) is 2. The van der Waals surface area contributed by atoms with Crippen LogP contribution in [0.5, 0.6) is 0 Å². The molecule has 66 valence electrons. The molecule has 0 unspecified atom stereocenters. The SMILES string of the molecule is COCCO.O=C1CCCO1. The maximum Gasteiger partial charge on any atom is 0.305 e. The van der Waals surface area contributed by atoms with Gasteiger partial charge in [0, 0.05) is 13.5 Å². The van der Waals surface area contributed by atoms with E-state index >= 15 is 0 Å². The standard InChI is InChI=1S/C4H6O2.C3H8O2/c5-4-2-1-3-6-4;1-5-3-2-4/h1-3H2;4H,2-3H2,1H3. The number of hydrogen-bond donors (Lipinski definition) is 1. The number of methoxy groups -OCH3 is 1. The third-order valence-corrected chi connectivity index (χ3v) is 1.08. The molecule has 0 bridgehead atoms. The molecule has 1 N–H and O–H groups in total. The summed E-state index contributed by atoms with van der Waals surface area (Å²) in [6, 6.07) is 0. The van der Waals surface area contributed by atoms with Crippen LogP contribution in [0.4, 0.5) is 0 Å². The topological polar surface area (TPSA) is 55.8 Å². The monoisotopic (exact) mass is 162 g/mol. The number of rotatable bonds is 2. The van der Waals surface area contributed by atoms with E-state index in [9.17, 15) is 4.79 Å². The van der Waals surface area contributed by atoms with Crippen molar-refractivity contribution >= 4 is 5.97 Å². The molecule has 4 heteroatoms. The highest BCUT2D eigenvalue weighted by Gasteiger charge is 2.08. The Balaban J connectivity index is 0.000000187. The fourth-order valence-corrected chi connectivity index (χ4v) is 0.566. The summed E-state index contributed by atoms with van der Waals surface area (Å²) in [7, 11) is 1.55. The van der Waals surface area contributed by atoms with E-state index in [0.717, 1.165) is 6.42 Å². The van der Waals surface area contributed by atoms with E-state index in [1.54, 1.807) is 7.11 Å². The van der Waals surface area contributed by atoms with Gasteiger partial charge in [-0.05, 0) is 6.42 Å². The van der Waals surface area contributed by atoms with Crippen molar-refractivity contribution in [2.45, 2.75) is 12.8 Å². The van der Waals surface area contributed by atoms with Crippen LogP contribution in [0.3, 0.4) is 0 Å².